The maximum absolute atomic E-state index is 13.5. The minimum Gasteiger partial charge on any atom is -0.310 e. The van der Waals surface area contributed by atoms with Crippen LogP contribution >= 0.6 is 11.3 Å². The Morgan fingerprint density at radius 3 is 2.57 bits per heavy atom. The van der Waals surface area contributed by atoms with Crippen molar-refractivity contribution in [3.63, 3.8) is 0 Å². The van der Waals surface area contributed by atoms with Gasteiger partial charge in [0.05, 0.1) is 10.7 Å². The minimum atomic E-state index is -0.811. The van der Waals surface area contributed by atoms with E-state index in [9.17, 15) is 8.78 Å². The van der Waals surface area contributed by atoms with Crippen molar-refractivity contribution in [3.8, 4) is 0 Å². The number of halogens is 2. The number of nitrogens with one attached hydrogen (secondary N) is 1. The molecular weight excluding hydrogens is 290 g/mol. The summed E-state index contributed by atoms with van der Waals surface area (Å²) in [5.74, 6) is -1.61. The Balaban J connectivity index is 2.22. The molecule has 0 bridgehead atoms. The van der Waals surface area contributed by atoms with E-state index in [4.69, 9.17) is 0 Å². The third-order valence-corrected chi connectivity index (χ3v) is 4.53. The highest BCUT2D eigenvalue weighted by Gasteiger charge is 2.16. The predicted octanol–water partition coefficient (Wildman–Crippen LogP) is 4.32. The van der Waals surface area contributed by atoms with E-state index >= 15 is 0 Å². The van der Waals surface area contributed by atoms with Gasteiger partial charge < -0.3 is 5.32 Å². The molecule has 2 aromatic rings. The van der Waals surface area contributed by atoms with Gasteiger partial charge in [0.1, 0.15) is 0 Å². The van der Waals surface area contributed by atoms with E-state index in [0.717, 1.165) is 29.2 Å². The molecule has 0 saturated carbocycles. The van der Waals surface area contributed by atoms with E-state index in [0.29, 0.717) is 6.42 Å². The summed E-state index contributed by atoms with van der Waals surface area (Å²) in [6, 6.07) is 4.04. The Morgan fingerprint density at radius 1 is 1.24 bits per heavy atom. The first-order valence-electron chi connectivity index (χ1n) is 7.12. The molecule has 0 radical (unpaired) electrons. The monoisotopic (exact) mass is 310 g/mol. The molecule has 2 nitrogen and oxygen atoms in total. The fourth-order valence-corrected chi connectivity index (χ4v) is 3.14. The summed E-state index contributed by atoms with van der Waals surface area (Å²) in [6.45, 7) is 6.93. The van der Waals surface area contributed by atoms with Gasteiger partial charge in [0.25, 0.3) is 0 Å². The van der Waals surface area contributed by atoms with Gasteiger partial charge in [-0.15, -0.1) is 11.3 Å². The highest BCUT2D eigenvalue weighted by atomic mass is 32.1. The van der Waals surface area contributed by atoms with Crippen molar-refractivity contribution in [2.45, 2.75) is 39.7 Å². The third-order valence-electron chi connectivity index (χ3n) is 3.44. The lowest BCUT2D eigenvalue weighted by molar-refractivity contribution is 0.493. The van der Waals surface area contributed by atoms with Crippen LogP contribution in [0.2, 0.25) is 0 Å². The smallest absolute Gasteiger partial charge is 0.159 e. The molecule has 114 valence electrons. The fraction of sp³-hybridized carbons (Fsp3) is 0.438. The fourth-order valence-electron chi connectivity index (χ4n) is 2.16. The van der Waals surface area contributed by atoms with E-state index in [1.165, 1.54) is 17.0 Å². The molecule has 0 amide bonds. The molecule has 0 aliphatic heterocycles. The first-order chi connectivity index (χ1) is 10.0. The van der Waals surface area contributed by atoms with Crippen LogP contribution in [0.4, 0.5) is 8.78 Å². The van der Waals surface area contributed by atoms with Crippen molar-refractivity contribution in [1.29, 1.82) is 0 Å². The molecule has 1 atom stereocenters. The van der Waals surface area contributed by atoms with E-state index in [-0.39, 0.29) is 6.04 Å². The van der Waals surface area contributed by atoms with Crippen molar-refractivity contribution < 1.29 is 8.78 Å². The largest absolute Gasteiger partial charge is 0.310 e. The lowest BCUT2D eigenvalue weighted by atomic mass is 10.0. The third kappa shape index (κ3) is 4.08. The van der Waals surface area contributed by atoms with Crippen LogP contribution < -0.4 is 5.32 Å². The zero-order valence-corrected chi connectivity index (χ0v) is 13.4. The molecular formula is C16H20F2N2S. The first kappa shape index (κ1) is 16.0. The summed E-state index contributed by atoms with van der Waals surface area (Å²) in [5.41, 5.74) is 1.79. The number of aromatic nitrogens is 1. The molecule has 1 unspecified atom stereocenters. The maximum Gasteiger partial charge on any atom is 0.159 e. The summed E-state index contributed by atoms with van der Waals surface area (Å²) < 4.78 is 26.5. The number of hydrogen-bond donors (Lipinski definition) is 1. The molecule has 0 fully saturated rings. The Hall–Kier alpha value is -1.33. The van der Waals surface area contributed by atoms with Crippen LogP contribution in [-0.2, 0) is 6.42 Å². The zero-order valence-electron chi connectivity index (χ0n) is 12.5. The van der Waals surface area contributed by atoms with Gasteiger partial charge in [0.15, 0.2) is 11.6 Å². The van der Waals surface area contributed by atoms with Crippen LogP contribution in [0.5, 0.6) is 0 Å². The topological polar surface area (TPSA) is 24.9 Å². The summed E-state index contributed by atoms with van der Waals surface area (Å²) in [4.78, 5) is 5.73. The zero-order chi connectivity index (χ0) is 15.4. The summed E-state index contributed by atoms with van der Waals surface area (Å²) in [6.07, 6.45) is 1.67. The molecule has 0 aliphatic carbocycles. The predicted molar refractivity (Wildman–Crippen MR) is 82.7 cm³/mol. The van der Waals surface area contributed by atoms with Gasteiger partial charge in [-0.3, -0.25) is 0 Å². The van der Waals surface area contributed by atoms with Crippen molar-refractivity contribution in [2.24, 2.45) is 0 Å². The van der Waals surface area contributed by atoms with E-state index in [1.54, 1.807) is 17.4 Å². The van der Waals surface area contributed by atoms with Gasteiger partial charge >= 0.3 is 0 Å². The molecule has 1 aromatic heterocycles. The lowest BCUT2D eigenvalue weighted by Gasteiger charge is -2.18. The Labute approximate surface area is 128 Å². The minimum absolute atomic E-state index is 0.0509. The van der Waals surface area contributed by atoms with Gasteiger partial charge in [-0.2, -0.15) is 0 Å². The molecule has 21 heavy (non-hydrogen) atoms. The van der Waals surface area contributed by atoms with Crippen LogP contribution in [0.1, 0.15) is 40.5 Å². The van der Waals surface area contributed by atoms with Gasteiger partial charge in [0.2, 0.25) is 0 Å². The van der Waals surface area contributed by atoms with Crippen LogP contribution in [0.25, 0.3) is 0 Å². The average Bonchev–Trinajstić information content (AvgIpc) is 2.76. The second-order valence-electron chi connectivity index (χ2n) is 5.13. The number of benzene rings is 1. The van der Waals surface area contributed by atoms with Gasteiger partial charge in [0, 0.05) is 17.3 Å². The highest BCUT2D eigenvalue weighted by molar-refractivity contribution is 7.11. The molecule has 0 aliphatic rings. The van der Waals surface area contributed by atoms with E-state index in [2.05, 4.69) is 17.2 Å². The SMILES string of the molecule is CCCNC(Cc1nc(C)c(C)s1)c1ccc(F)c(F)c1. The lowest BCUT2D eigenvalue weighted by Crippen LogP contribution is -2.24. The highest BCUT2D eigenvalue weighted by Crippen LogP contribution is 2.24. The quantitative estimate of drug-likeness (QED) is 0.859. The Morgan fingerprint density at radius 2 is 2.00 bits per heavy atom. The molecule has 0 saturated heterocycles. The Kier molecular flexibility index (Phi) is 5.42. The summed E-state index contributed by atoms with van der Waals surface area (Å²) >= 11 is 1.66. The number of rotatable bonds is 6. The standard InChI is InChI=1S/C16H20F2N2S/c1-4-7-19-15(9-16-20-10(2)11(3)21-16)12-5-6-13(17)14(18)8-12/h5-6,8,15,19H,4,7,9H2,1-3H3. The summed E-state index contributed by atoms with van der Waals surface area (Å²) in [5, 5.41) is 4.40. The van der Waals surface area contributed by atoms with Crippen LogP contribution in [0.15, 0.2) is 18.2 Å². The molecule has 2 rings (SSSR count). The van der Waals surface area contributed by atoms with Crippen LogP contribution in [-0.4, -0.2) is 11.5 Å². The van der Waals surface area contributed by atoms with Crippen LogP contribution in [0, 0.1) is 25.5 Å². The second-order valence-corrected chi connectivity index (χ2v) is 6.42. The van der Waals surface area contributed by atoms with Crippen molar-refractivity contribution >= 4 is 11.3 Å². The average molecular weight is 310 g/mol. The van der Waals surface area contributed by atoms with E-state index < -0.39 is 11.6 Å². The Bertz CT molecular complexity index is 591. The van der Waals surface area contributed by atoms with Crippen LogP contribution in [0.3, 0.4) is 0 Å². The number of thiazole rings is 1. The summed E-state index contributed by atoms with van der Waals surface area (Å²) in [7, 11) is 0. The van der Waals surface area contributed by atoms with E-state index in [1.807, 2.05) is 13.8 Å². The molecule has 1 N–H and O–H groups in total. The number of hydrogen-bond acceptors (Lipinski definition) is 3. The van der Waals surface area contributed by atoms with Gasteiger partial charge in [-0.25, -0.2) is 13.8 Å². The number of nitrogens with zero attached hydrogens (tertiary/aromatic N) is 1. The number of aryl methyl sites for hydroxylation is 2. The molecule has 1 aromatic carbocycles. The van der Waals surface area contributed by atoms with Crippen molar-refractivity contribution in [1.82, 2.24) is 10.3 Å². The molecule has 5 heteroatoms. The molecule has 0 spiro atoms. The maximum atomic E-state index is 13.5. The van der Waals surface area contributed by atoms with Crippen molar-refractivity contribution in [3.05, 3.63) is 51.0 Å². The van der Waals surface area contributed by atoms with Crippen molar-refractivity contribution in [2.75, 3.05) is 6.54 Å². The van der Waals surface area contributed by atoms with Gasteiger partial charge in [-0.1, -0.05) is 13.0 Å². The first-order valence-corrected chi connectivity index (χ1v) is 7.94. The molecule has 1 heterocycles. The second kappa shape index (κ2) is 7.09. The normalized spacial score (nSPS) is 12.6. The van der Waals surface area contributed by atoms with Gasteiger partial charge in [-0.05, 0) is 44.5 Å².